The zero-order valence-electron chi connectivity index (χ0n) is 13.5. The lowest BCUT2D eigenvalue weighted by atomic mass is 10.0. The van der Waals surface area contributed by atoms with Crippen molar-refractivity contribution in [2.24, 2.45) is 0 Å². The molecule has 0 amide bonds. The molecule has 0 N–H and O–H groups in total. The Labute approximate surface area is 124 Å². The van der Waals surface area contributed by atoms with E-state index in [2.05, 4.69) is 25.7 Å². The van der Waals surface area contributed by atoms with Gasteiger partial charge >= 0.3 is 0 Å². The van der Waals surface area contributed by atoms with Gasteiger partial charge in [0.15, 0.2) is 5.78 Å². The Bertz CT molecular complexity index is 414. The molecule has 0 aliphatic heterocycles. The van der Waals surface area contributed by atoms with E-state index in [-0.39, 0.29) is 5.78 Å². The molecule has 0 aliphatic rings. The number of hydrogen-bond donors (Lipinski definition) is 0. The van der Waals surface area contributed by atoms with Gasteiger partial charge in [-0.1, -0.05) is 44.5 Å². The molecule has 112 valence electrons. The summed E-state index contributed by atoms with van der Waals surface area (Å²) in [7, 11) is 0. The highest BCUT2D eigenvalue weighted by Crippen LogP contribution is 2.12. The minimum Gasteiger partial charge on any atom is -0.300 e. The molecule has 0 saturated heterocycles. The summed E-state index contributed by atoms with van der Waals surface area (Å²) in [6.45, 7) is 10.7. The second kappa shape index (κ2) is 8.91. The van der Waals surface area contributed by atoms with E-state index in [1.807, 2.05) is 31.2 Å². The molecule has 0 fully saturated rings. The van der Waals surface area contributed by atoms with Gasteiger partial charge in [0.25, 0.3) is 0 Å². The summed E-state index contributed by atoms with van der Waals surface area (Å²) in [6, 6.07) is 8.45. The number of aryl methyl sites for hydroxylation is 1. The highest BCUT2D eigenvalue weighted by Gasteiger charge is 2.14. The molecular formula is C18H29NO. The van der Waals surface area contributed by atoms with Crippen LogP contribution in [0.15, 0.2) is 24.3 Å². The van der Waals surface area contributed by atoms with Crippen molar-refractivity contribution in [3.05, 3.63) is 35.4 Å². The van der Waals surface area contributed by atoms with E-state index < -0.39 is 0 Å². The third-order valence-electron chi connectivity index (χ3n) is 4.08. The maximum atomic E-state index is 12.3. The number of rotatable bonds is 9. The summed E-state index contributed by atoms with van der Waals surface area (Å²) >= 11 is 0. The molecule has 1 rings (SSSR count). The number of ketones is 1. The van der Waals surface area contributed by atoms with E-state index in [9.17, 15) is 4.79 Å². The average Bonchev–Trinajstić information content (AvgIpc) is 2.46. The molecule has 0 aliphatic carbocycles. The molecular weight excluding hydrogens is 246 g/mol. The Kier molecular flexibility index (Phi) is 7.53. The highest BCUT2D eigenvalue weighted by molar-refractivity contribution is 5.97. The first-order chi connectivity index (χ1) is 9.60. The van der Waals surface area contributed by atoms with E-state index in [1.165, 1.54) is 12.8 Å². The van der Waals surface area contributed by atoms with Crippen molar-refractivity contribution in [3.63, 3.8) is 0 Å². The first-order valence-electron chi connectivity index (χ1n) is 7.93. The van der Waals surface area contributed by atoms with Crippen molar-refractivity contribution < 1.29 is 4.79 Å². The van der Waals surface area contributed by atoms with Gasteiger partial charge in [0.05, 0.1) is 0 Å². The largest absolute Gasteiger partial charge is 0.300 e. The van der Waals surface area contributed by atoms with Crippen LogP contribution in [0.3, 0.4) is 0 Å². The normalized spacial score (nSPS) is 12.7. The quantitative estimate of drug-likeness (QED) is 0.620. The second-order valence-electron chi connectivity index (χ2n) is 5.63. The average molecular weight is 275 g/mol. The fraction of sp³-hybridized carbons (Fsp3) is 0.611. The van der Waals surface area contributed by atoms with Crippen molar-refractivity contribution in [2.45, 2.75) is 59.4 Å². The number of Topliss-reactive ketones (excluding diaryl/α,β-unsaturated/α-hetero) is 1. The standard InChI is InChI=1S/C18H29NO/c1-5-7-13-19(16(4)6-2)14-12-18(20)17-11-9-8-10-15(17)3/h8-11,16H,5-7,12-14H2,1-4H3. The zero-order valence-corrected chi connectivity index (χ0v) is 13.5. The van der Waals surface area contributed by atoms with Gasteiger partial charge in [-0.25, -0.2) is 0 Å². The monoisotopic (exact) mass is 275 g/mol. The summed E-state index contributed by atoms with van der Waals surface area (Å²) in [5.41, 5.74) is 1.97. The number of hydrogen-bond acceptors (Lipinski definition) is 2. The molecule has 1 atom stereocenters. The van der Waals surface area contributed by atoms with Gasteiger partial charge in [0.2, 0.25) is 0 Å². The van der Waals surface area contributed by atoms with E-state index >= 15 is 0 Å². The van der Waals surface area contributed by atoms with Crippen molar-refractivity contribution in [1.82, 2.24) is 4.90 Å². The molecule has 0 radical (unpaired) electrons. The molecule has 2 heteroatoms. The minimum absolute atomic E-state index is 0.271. The van der Waals surface area contributed by atoms with E-state index in [4.69, 9.17) is 0 Å². The number of carbonyl (C=O) groups is 1. The molecule has 0 heterocycles. The van der Waals surface area contributed by atoms with Crippen LogP contribution in [0.2, 0.25) is 0 Å². The Morgan fingerprint density at radius 1 is 1.20 bits per heavy atom. The Morgan fingerprint density at radius 3 is 2.50 bits per heavy atom. The lowest BCUT2D eigenvalue weighted by molar-refractivity contribution is 0.0950. The van der Waals surface area contributed by atoms with E-state index in [0.717, 1.165) is 30.6 Å². The maximum absolute atomic E-state index is 12.3. The SMILES string of the molecule is CCCCN(CCC(=O)c1ccccc1C)C(C)CC. The van der Waals surface area contributed by atoms with E-state index in [0.29, 0.717) is 12.5 Å². The van der Waals surface area contributed by atoms with Crippen LogP contribution in [0, 0.1) is 6.92 Å². The maximum Gasteiger partial charge on any atom is 0.164 e. The fourth-order valence-corrected chi connectivity index (χ4v) is 2.44. The molecule has 0 aromatic heterocycles. The topological polar surface area (TPSA) is 20.3 Å². The molecule has 20 heavy (non-hydrogen) atoms. The molecule has 2 nitrogen and oxygen atoms in total. The predicted molar refractivity (Wildman–Crippen MR) is 86.4 cm³/mol. The van der Waals surface area contributed by atoms with Crippen LogP contribution in [-0.2, 0) is 0 Å². The zero-order chi connectivity index (χ0) is 15.0. The second-order valence-corrected chi connectivity index (χ2v) is 5.63. The highest BCUT2D eigenvalue weighted by atomic mass is 16.1. The lowest BCUT2D eigenvalue weighted by Gasteiger charge is -2.28. The van der Waals surface area contributed by atoms with Crippen molar-refractivity contribution in [2.75, 3.05) is 13.1 Å². The Balaban J connectivity index is 2.58. The first kappa shape index (κ1) is 16.9. The number of carbonyl (C=O) groups excluding carboxylic acids is 1. The number of nitrogens with zero attached hydrogens (tertiary/aromatic N) is 1. The fourth-order valence-electron chi connectivity index (χ4n) is 2.44. The molecule has 1 aromatic rings. The van der Waals surface area contributed by atoms with Crippen molar-refractivity contribution in [3.8, 4) is 0 Å². The molecule has 0 bridgehead atoms. The predicted octanol–water partition coefficient (Wildman–Crippen LogP) is 4.47. The third-order valence-corrected chi connectivity index (χ3v) is 4.08. The van der Waals surface area contributed by atoms with Crippen LogP contribution in [0.5, 0.6) is 0 Å². The van der Waals surface area contributed by atoms with Crippen LogP contribution in [0.25, 0.3) is 0 Å². The van der Waals surface area contributed by atoms with Gasteiger partial charge < -0.3 is 4.90 Å². The molecule has 0 spiro atoms. The summed E-state index contributed by atoms with van der Waals surface area (Å²) in [5, 5.41) is 0. The van der Waals surface area contributed by atoms with Crippen LogP contribution < -0.4 is 0 Å². The first-order valence-corrected chi connectivity index (χ1v) is 7.93. The van der Waals surface area contributed by atoms with Gasteiger partial charge in [-0.05, 0) is 38.8 Å². The smallest absolute Gasteiger partial charge is 0.164 e. The third kappa shape index (κ3) is 5.09. The van der Waals surface area contributed by atoms with Crippen LogP contribution in [0.4, 0.5) is 0 Å². The number of benzene rings is 1. The van der Waals surface area contributed by atoms with Crippen molar-refractivity contribution >= 4 is 5.78 Å². The van der Waals surface area contributed by atoms with Gasteiger partial charge in [-0.2, -0.15) is 0 Å². The summed E-state index contributed by atoms with van der Waals surface area (Å²) < 4.78 is 0. The Morgan fingerprint density at radius 2 is 1.90 bits per heavy atom. The van der Waals surface area contributed by atoms with Crippen LogP contribution in [0.1, 0.15) is 62.4 Å². The Hall–Kier alpha value is -1.15. The van der Waals surface area contributed by atoms with Crippen LogP contribution >= 0.6 is 0 Å². The van der Waals surface area contributed by atoms with Gasteiger partial charge in [0.1, 0.15) is 0 Å². The van der Waals surface area contributed by atoms with E-state index in [1.54, 1.807) is 0 Å². The molecule has 1 unspecified atom stereocenters. The lowest BCUT2D eigenvalue weighted by Crippen LogP contribution is -2.35. The summed E-state index contributed by atoms with van der Waals surface area (Å²) in [5.74, 6) is 0.271. The van der Waals surface area contributed by atoms with Crippen molar-refractivity contribution in [1.29, 1.82) is 0 Å². The van der Waals surface area contributed by atoms with Crippen LogP contribution in [-0.4, -0.2) is 29.8 Å². The summed E-state index contributed by atoms with van der Waals surface area (Å²) in [6.07, 6.45) is 4.18. The van der Waals surface area contributed by atoms with Gasteiger partial charge in [-0.15, -0.1) is 0 Å². The molecule has 0 saturated carbocycles. The number of unbranched alkanes of at least 4 members (excludes halogenated alkanes) is 1. The minimum atomic E-state index is 0.271. The summed E-state index contributed by atoms with van der Waals surface area (Å²) in [4.78, 5) is 14.8. The molecule has 1 aromatic carbocycles. The van der Waals surface area contributed by atoms with Gasteiger partial charge in [0, 0.05) is 24.6 Å². The van der Waals surface area contributed by atoms with Gasteiger partial charge in [-0.3, -0.25) is 4.79 Å².